The van der Waals surface area contributed by atoms with Gasteiger partial charge in [0.05, 0.1) is 5.97 Å². The normalized spacial score (nSPS) is 12.7. The van der Waals surface area contributed by atoms with Crippen molar-refractivity contribution in [3.63, 3.8) is 0 Å². The van der Waals surface area contributed by atoms with Gasteiger partial charge in [-0.25, -0.2) is 0 Å². The monoisotopic (exact) mass is 220 g/mol. The summed E-state index contributed by atoms with van der Waals surface area (Å²) in [6.45, 7) is 0.767. The molecule has 0 radical (unpaired) electrons. The van der Waals surface area contributed by atoms with Crippen LogP contribution in [0.15, 0.2) is 0 Å². The summed E-state index contributed by atoms with van der Waals surface area (Å²) in [4.78, 5) is 30.2. The van der Waals surface area contributed by atoms with Gasteiger partial charge < -0.3 is 24.9 Å². The Labute approximate surface area is 124 Å². The molecular formula is C6H6Na2O6. The van der Waals surface area contributed by atoms with E-state index in [0.29, 0.717) is 0 Å². The fraction of sp³-hybridized carbons (Fsp3) is 0.500. The number of ketones is 1. The fourth-order valence-corrected chi connectivity index (χ4v) is 0.457. The maximum Gasteiger partial charge on any atom is 1.00 e. The first-order valence-electron chi connectivity index (χ1n) is 2.95. The molecular weight excluding hydrogens is 214 g/mol. The molecule has 0 aromatic rings. The van der Waals surface area contributed by atoms with Crippen molar-refractivity contribution in [1.29, 1.82) is 0 Å². The molecule has 0 fully saturated rings. The van der Waals surface area contributed by atoms with Crippen LogP contribution in [0.5, 0.6) is 0 Å². The Hall–Kier alpha value is 0.570. The topological polar surface area (TPSA) is 118 Å². The standard InChI is InChI=1S/C6H8O6.2Na/c1-6(12,5(10)11)2-3(7)4(8)9;;/h12H,2H2,1H3,(H,8,9)(H,10,11);;/q;2*+1/p-2. The summed E-state index contributed by atoms with van der Waals surface area (Å²) < 4.78 is 0. The van der Waals surface area contributed by atoms with Crippen molar-refractivity contribution >= 4 is 17.7 Å². The average Bonchev–Trinajstić information content (AvgIpc) is 1.85. The third-order valence-electron chi connectivity index (χ3n) is 1.17. The Balaban J connectivity index is -0.000000605. The van der Waals surface area contributed by atoms with Crippen LogP contribution >= 0.6 is 0 Å². The summed E-state index contributed by atoms with van der Waals surface area (Å²) in [5, 5.41) is 28.7. The first-order chi connectivity index (χ1) is 5.27. The molecule has 0 aliphatic rings. The van der Waals surface area contributed by atoms with Crippen molar-refractivity contribution in [2.24, 2.45) is 0 Å². The van der Waals surface area contributed by atoms with Crippen molar-refractivity contribution in [2.45, 2.75) is 18.9 Å². The zero-order valence-electron chi connectivity index (χ0n) is 8.20. The number of aliphatic hydroxyl groups is 1. The molecule has 14 heavy (non-hydrogen) atoms. The van der Waals surface area contributed by atoms with Gasteiger partial charge in [-0.3, -0.25) is 4.79 Å². The molecule has 68 valence electrons. The number of Topliss-reactive ketones (excluding diaryl/α,β-unsaturated/α-hetero) is 1. The molecule has 0 aromatic heterocycles. The SMILES string of the molecule is CC(O)(CC(=O)C(=O)[O-])C(=O)[O-].[Na+].[Na+]. The molecule has 0 aromatic carbocycles. The van der Waals surface area contributed by atoms with E-state index in [4.69, 9.17) is 5.11 Å². The summed E-state index contributed by atoms with van der Waals surface area (Å²) in [5.74, 6) is -5.42. The van der Waals surface area contributed by atoms with Gasteiger partial charge in [-0.1, -0.05) is 0 Å². The maximum absolute atomic E-state index is 10.3. The van der Waals surface area contributed by atoms with E-state index in [2.05, 4.69) is 0 Å². The molecule has 0 saturated heterocycles. The number of carboxylic acids is 2. The van der Waals surface area contributed by atoms with Crippen LogP contribution in [0.2, 0.25) is 0 Å². The predicted octanol–water partition coefficient (Wildman–Crippen LogP) is -9.80. The van der Waals surface area contributed by atoms with E-state index in [1.165, 1.54) is 0 Å². The van der Waals surface area contributed by atoms with Crippen LogP contribution < -0.4 is 69.3 Å². The van der Waals surface area contributed by atoms with Gasteiger partial charge in [0.1, 0.15) is 11.6 Å². The Kier molecular flexibility index (Phi) is 11.2. The first kappa shape index (κ1) is 20.0. The van der Waals surface area contributed by atoms with E-state index in [-0.39, 0.29) is 59.1 Å². The van der Waals surface area contributed by atoms with E-state index < -0.39 is 29.7 Å². The molecule has 0 aliphatic carbocycles. The number of rotatable bonds is 4. The van der Waals surface area contributed by atoms with Crippen molar-refractivity contribution in [1.82, 2.24) is 0 Å². The Morgan fingerprint density at radius 1 is 1.21 bits per heavy atom. The van der Waals surface area contributed by atoms with Crippen LogP contribution in [0.25, 0.3) is 0 Å². The van der Waals surface area contributed by atoms with Crippen LogP contribution in [-0.2, 0) is 14.4 Å². The van der Waals surface area contributed by atoms with Gasteiger partial charge in [0.15, 0.2) is 5.78 Å². The largest absolute Gasteiger partial charge is 1.00 e. The fourth-order valence-electron chi connectivity index (χ4n) is 0.457. The average molecular weight is 220 g/mol. The van der Waals surface area contributed by atoms with E-state index >= 15 is 0 Å². The van der Waals surface area contributed by atoms with Crippen LogP contribution in [0.1, 0.15) is 13.3 Å². The van der Waals surface area contributed by atoms with E-state index in [9.17, 15) is 24.6 Å². The van der Waals surface area contributed by atoms with Gasteiger partial charge in [-0.15, -0.1) is 0 Å². The zero-order chi connectivity index (χ0) is 9.94. The maximum atomic E-state index is 10.3. The molecule has 0 heterocycles. The molecule has 6 nitrogen and oxygen atoms in total. The van der Waals surface area contributed by atoms with Crippen molar-refractivity contribution in [2.75, 3.05) is 0 Å². The zero-order valence-corrected chi connectivity index (χ0v) is 12.2. The third kappa shape index (κ3) is 6.94. The van der Waals surface area contributed by atoms with Gasteiger partial charge in [0.25, 0.3) is 0 Å². The molecule has 1 N–H and O–H groups in total. The molecule has 0 amide bonds. The number of aliphatic carboxylic acids is 2. The smallest absolute Gasteiger partial charge is 0.547 e. The Morgan fingerprint density at radius 3 is 1.79 bits per heavy atom. The van der Waals surface area contributed by atoms with Crippen LogP contribution in [0, 0.1) is 0 Å². The van der Waals surface area contributed by atoms with Crippen LogP contribution in [0.4, 0.5) is 0 Å². The number of carboxylic acid groups (broad SMARTS) is 2. The van der Waals surface area contributed by atoms with Gasteiger partial charge in [0, 0.05) is 6.42 Å². The molecule has 1 atom stereocenters. The van der Waals surface area contributed by atoms with E-state index in [1.807, 2.05) is 0 Å². The summed E-state index contributed by atoms with van der Waals surface area (Å²) >= 11 is 0. The number of hydrogen-bond donors (Lipinski definition) is 1. The second kappa shape index (κ2) is 7.81. The first-order valence-corrected chi connectivity index (χ1v) is 2.95. The molecule has 1 unspecified atom stereocenters. The van der Waals surface area contributed by atoms with Gasteiger partial charge in [-0.05, 0) is 6.92 Å². The summed E-state index contributed by atoms with van der Waals surface area (Å²) in [6.07, 6.45) is -1.06. The second-order valence-corrected chi connectivity index (χ2v) is 2.45. The molecule has 8 heteroatoms. The Morgan fingerprint density at radius 2 is 1.57 bits per heavy atom. The van der Waals surface area contributed by atoms with Crippen molar-refractivity contribution in [3.05, 3.63) is 0 Å². The summed E-state index contributed by atoms with van der Waals surface area (Å²) in [7, 11) is 0. The van der Waals surface area contributed by atoms with Crippen molar-refractivity contribution < 1.29 is 88.8 Å². The van der Waals surface area contributed by atoms with Crippen LogP contribution in [0.3, 0.4) is 0 Å². The molecule has 0 aliphatic heterocycles. The second-order valence-electron chi connectivity index (χ2n) is 2.45. The third-order valence-corrected chi connectivity index (χ3v) is 1.17. The number of hydrogen-bond acceptors (Lipinski definition) is 6. The minimum atomic E-state index is -2.46. The van der Waals surface area contributed by atoms with Crippen LogP contribution in [-0.4, -0.2) is 28.4 Å². The summed E-state index contributed by atoms with van der Waals surface area (Å²) in [6, 6.07) is 0. The van der Waals surface area contributed by atoms with Gasteiger partial charge in [-0.2, -0.15) is 0 Å². The van der Waals surface area contributed by atoms with Gasteiger partial charge >= 0.3 is 59.1 Å². The number of carbonyl (C=O) groups is 3. The quantitative estimate of drug-likeness (QED) is 0.371. The molecule has 0 saturated carbocycles. The molecule has 0 bridgehead atoms. The summed E-state index contributed by atoms with van der Waals surface area (Å²) in [5.41, 5.74) is -2.46. The van der Waals surface area contributed by atoms with Crippen molar-refractivity contribution in [3.8, 4) is 0 Å². The minimum absolute atomic E-state index is 0. The Bertz CT molecular complexity index is 236. The van der Waals surface area contributed by atoms with Gasteiger partial charge in [0.2, 0.25) is 0 Å². The van der Waals surface area contributed by atoms with E-state index in [0.717, 1.165) is 6.92 Å². The molecule has 0 rings (SSSR count). The minimum Gasteiger partial charge on any atom is -0.547 e. The predicted molar refractivity (Wildman–Crippen MR) is 30.3 cm³/mol. The molecule has 0 spiro atoms. The van der Waals surface area contributed by atoms with E-state index in [1.54, 1.807) is 0 Å². The number of carbonyl (C=O) groups excluding carboxylic acids is 3.